The molecule has 3 rings (SSSR count). The van der Waals surface area contributed by atoms with E-state index in [4.69, 9.17) is 9.47 Å². The van der Waals surface area contributed by atoms with Crippen LogP contribution in [-0.4, -0.2) is 53.3 Å². The molecule has 0 bridgehead atoms. The van der Waals surface area contributed by atoms with Gasteiger partial charge in [-0.05, 0) is 45.6 Å². The van der Waals surface area contributed by atoms with Gasteiger partial charge in [0.25, 0.3) is 0 Å². The van der Waals surface area contributed by atoms with Crippen molar-refractivity contribution in [2.45, 2.75) is 70.7 Å². The molecule has 1 fully saturated rings. The van der Waals surface area contributed by atoms with Gasteiger partial charge in [-0.25, -0.2) is 9.78 Å². The molecule has 0 aliphatic carbocycles. The van der Waals surface area contributed by atoms with Gasteiger partial charge in [0.15, 0.2) is 0 Å². The first-order valence-corrected chi connectivity index (χ1v) is 12.3. The molecule has 0 radical (unpaired) electrons. The van der Waals surface area contributed by atoms with Crippen LogP contribution in [0.2, 0.25) is 0 Å². The van der Waals surface area contributed by atoms with E-state index in [9.17, 15) is 9.59 Å². The van der Waals surface area contributed by atoms with Gasteiger partial charge in [-0.2, -0.15) is 0 Å². The van der Waals surface area contributed by atoms with Crippen molar-refractivity contribution >= 4 is 23.3 Å². The summed E-state index contributed by atoms with van der Waals surface area (Å²) in [6, 6.07) is 9.61. The van der Waals surface area contributed by atoms with E-state index in [0.717, 1.165) is 23.4 Å². The summed E-state index contributed by atoms with van der Waals surface area (Å²) >= 11 is 1.53. The van der Waals surface area contributed by atoms with Gasteiger partial charge in [0.1, 0.15) is 10.6 Å². The number of carbonyl (C=O) groups excluding carboxylic acids is 2. The zero-order valence-corrected chi connectivity index (χ0v) is 20.9. The van der Waals surface area contributed by atoms with Crippen LogP contribution in [-0.2, 0) is 20.7 Å². The first-order valence-electron chi connectivity index (χ1n) is 11.5. The predicted molar refractivity (Wildman–Crippen MR) is 129 cm³/mol. The van der Waals surface area contributed by atoms with E-state index in [1.807, 2.05) is 63.4 Å². The van der Waals surface area contributed by atoms with E-state index < -0.39 is 17.6 Å². The Bertz CT molecular complexity index is 898. The molecule has 1 aromatic carbocycles. The minimum atomic E-state index is -0.575. The van der Waals surface area contributed by atoms with Crippen LogP contribution >= 0.6 is 11.3 Å². The number of nitrogens with zero attached hydrogens (tertiary/aromatic N) is 2. The van der Waals surface area contributed by atoms with Crippen LogP contribution in [0.25, 0.3) is 0 Å². The Morgan fingerprint density at radius 1 is 1.27 bits per heavy atom. The van der Waals surface area contributed by atoms with Gasteiger partial charge in [0, 0.05) is 25.2 Å². The number of rotatable bonds is 8. The van der Waals surface area contributed by atoms with Gasteiger partial charge in [0.2, 0.25) is 5.91 Å². The number of hydrogen-bond acceptors (Lipinski definition) is 6. The Morgan fingerprint density at radius 3 is 2.61 bits per heavy atom. The molecular formula is C25H35N3O4S. The average molecular weight is 474 g/mol. The Morgan fingerprint density at radius 2 is 2.00 bits per heavy atom. The van der Waals surface area contributed by atoms with Crippen molar-refractivity contribution in [1.82, 2.24) is 15.2 Å². The number of benzene rings is 1. The molecule has 1 aliphatic rings. The van der Waals surface area contributed by atoms with Crippen LogP contribution in [0, 0.1) is 5.92 Å². The third-order valence-corrected chi connectivity index (χ3v) is 6.72. The highest BCUT2D eigenvalue weighted by Crippen LogP contribution is 2.29. The number of aromatic nitrogens is 1. The number of ether oxygens (including phenoxy) is 2. The summed E-state index contributed by atoms with van der Waals surface area (Å²) in [6.45, 7) is 8.02. The molecule has 7 nitrogen and oxygen atoms in total. The highest BCUT2D eigenvalue weighted by molar-refractivity contribution is 7.09. The van der Waals surface area contributed by atoms with E-state index in [-0.39, 0.29) is 24.1 Å². The van der Waals surface area contributed by atoms with Crippen LogP contribution in [0.1, 0.15) is 57.1 Å². The van der Waals surface area contributed by atoms with Crippen molar-refractivity contribution < 1.29 is 19.1 Å². The second-order valence-electron chi connectivity index (χ2n) is 9.49. The molecular weight excluding hydrogens is 438 g/mol. The molecule has 0 spiro atoms. The third-order valence-electron chi connectivity index (χ3n) is 5.83. The molecule has 2 heterocycles. The maximum atomic E-state index is 13.4. The van der Waals surface area contributed by atoms with Crippen LogP contribution in [0.3, 0.4) is 0 Å². The monoisotopic (exact) mass is 473 g/mol. The van der Waals surface area contributed by atoms with Crippen LogP contribution in [0.5, 0.6) is 0 Å². The number of carbonyl (C=O) groups is 2. The fourth-order valence-electron chi connectivity index (χ4n) is 4.28. The molecule has 8 heteroatoms. The molecule has 4 atom stereocenters. The first-order chi connectivity index (χ1) is 15.7. The zero-order chi connectivity index (χ0) is 24.0. The average Bonchev–Trinajstić information content (AvgIpc) is 3.46. The van der Waals surface area contributed by atoms with E-state index >= 15 is 0 Å². The lowest BCUT2D eigenvalue weighted by atomic mass is 9.94. The molecule has 1 N–H and O–H groups in total. The molecule has 2 aromatic rings. The number of likely N-dealkylation sites (tertiary alicyclic amines) is 1. The highest BCUT2D eigenvalue weighted by atomic mass is 32.1. The van der Waals surface area contributed by atoms with Crippen molar-refractivity contribution in [3.63, 3.8) is 0 Å². The number of amides is 2. The van der Waals surface area contributed by atoms with Crippen molar-refractivity contribution in [3.8, 4) is 0 Å². The molecule has 2 amide bonds. The lowest BCUT2D eigenvalue weighted by Gasteiger charge is -2.35. The largest absolute Gasteiger partial charge is 0.444 e. The van der Waals surface area contributed by atoms with Gasteiger partial charge in [-0.15, -0.1) is 11.3 Å². The van der Waals surface area contributed by atoms with Crippen LogP contribution < -0.4 is 5.32 Å². The number of hydrogen-bond donors (Lipinski definition) is 1. The fourth-order valence-corrected chi connectivity index (χ4v) is 4.97. The Kier molecular flexibility index (Phi) is 8.48. The lowest BCUT2D eigenvalue weighted by molar-refractivity contribution is -0.131. The Labute approximate surface area is 200 Å². The molecule has 1 aromatic heterocycles. The summed E-state index contributed by atoms with van der Waals surface area (Å²) < 4.78 is 11.4. The van der Waals surface area contributed by atoms with Gasteiger partial charge in [-0.1, -0.05) is 37.3 Å². The Hall–Kier alpha value is -2.45. The minimum Gasteiger partial charge on any atom is -0.444 e. The van der Waals surface area contributed by atoms with E-state index in [1.54, 1.807) is 18.2 Å². The summed E-state index contributed by atoms with van der Waals surface area (Å²) in [5.74, 6) is -0.574. The minimum absolute atomic E-state index is 0.117. The van der Waals surface area contributed by atoms with Crippen molar-refractivity contribution in [2.24, 2.45) is 5.92 Å². The lowest BCUT2D eigenvalue weighted by Crippen LogP contribution is -2.51. The van der Waals surface area contributed by atoms with Gasteiger partial charge in [-0.3, -0.25) is 4.79 Å². The summed E-state index contributed by atoms with van der Waals surface area (Å²) in [7, 11) is 1.60. The van der Waals surface area contributed by atoms with Crippen molar-refractivity contribution in [2.75, 3.05) is 13.7 Å². The Balaban J connectivity index is 1.72. The molecule has 33 heavy (non-hydrogen) atoms. The van der Waals surface area contributed by atoms with Crippen molar-refractivity contribution in [1.29, 1.82) is 0 Å². The highest BCUT2D eigenvalue weighted by Gasteiger charge is 2.41. The van der Waals surface area contributed by atoms with Gasteiger partial charge < -0.3 is 19.7 Å². The molecule has 1 aliphatic heterocycles. The topological polar surface area (TPSA) is 80.8 Å². The van der Waals surface area contributed by atoms with E-state index in [1.165, 1.54) is 11.3 Å². The molecule has 180 valence electrons. The van der Waals surface area contributed by atoms with Gasteiger partial charge >= 0.3 is 6.09 Å². The maximum absolute atomic E-state index is 13.4. The second kappa shape index (κ2) is 11.1. The number of methoxy groups -OCH3 is 1. The number of thiazole rings is 1. The summed E-state index contributed by atoms with van der Waals surface area (Å²) in [5.41, 5.74) is 0.551. The molecule has 0 saturated carbocycles. The first kappa shape index (κ1) is 25.2. The van der Waals surface area contributed by atoms with Crippen LogP contribution in [0.4, 0.5) is 4.79 Å². The van der Waals surface area contributed by atoms with E-state index in [2.05, 4.69) is 10.3 Å². The molecule has 1 saturated heterocycles. The van der Waals surface area contributed by atoms with Gasteiger partial charge in [0.05, 0.1) is 24.1 Å². The molecule has 2 unspecified atom stereocenters. The van der Waals surface area contributed by atoms with Crippen LogP contribution in [0.15, 0.2) is 41.9 Å². The number of nitrogens with one attached hydrogen (secondary N) is 1. The maximum Gasteiger partial charge on any atom is 0.410 e. The summed E-state index contributed by atoms with van der Waals surface area (Å²) in [4.78, 5) is 32.3. The summed E-state index contributed by atoms with van der Waals surface area (Å²) in [5, 5.41) is 5.96. The smallest absolute Gasteiger partial charge is 0.410 e. The standard InChI is InChI=1S/C25H35N3O4S/c1-17(21(31-5)20-12-9-14-28(20)24(30)32-25(2,3)4)22(29)27-19(23-26-13-15-33-23)16-18-10-7-6-8-11-18/h6-8,10-11,13,15,17,19-21H,9,12,14,16H2,1-5H3,(H,27,29)/t17-,19?,20+,21?/m1/s1. The zero-order valence-electron chi connectivity index (χ0n) is 20.1. The normalized spacial score (nSPS) is 19.1. The quantitative estimate of drug-likeness (QED) is 0.606. The second-order valence-corrected chi connectivity index (χ2v) is 10.4. The predicted octanol–water partition coefficient (Wildman–Crippen LogP) is 4.59. The van der Waals surface area contributed by atoms with E-state index in [0.29, 0.717) is 13.0 Å². The fraction of sp³-hybridized carbons (Fsp3) is 0.560. The van der Waals surface area contributed by atoms with Crippen molar-refractivity contribution in [3.05, 3.63) is 52.5 Å². The third kappa shape index (κ3) is 6.77. The SMILES string of the molecule is COC([C@@H](C)C(=O)NC(Cc1ccccc1)c1nccs1)[C@@H]1CCCN1C(=O)OC(C)(C)C. The summed E-state index contributed by atoms with van der Waals surface area (Å²) in [6.07, 6.45) is 3.24.